The average molecular weight is 963 g/mol. The van der Waals surface area contributed by atoms with Gasteiger partial charge in [-0.25, -0.2) is 4.57 Å². The molecule has 2 aromatic heterocycles. The predicted molar refractivity (Wildman–Crippen MR) is 295 cm³/mol. The maximum atomic E-state index is 13.6. The number of aliphatic hydroxyl groups excluding tert-OH is 1. The Morgan fingerprint density at radius 1 is 0.833 bits per heavy atom. The first-order chi connectivity index (χ1) is 34.6. The molecule has 6 aromatic rings. The van der Waals surface area contributed by atoms with Crippen LogP contribution in [0.2, 0.25) is 0 Å². The van der Waals surface area contributed by atoms with Crippen LogP contribution in [0.4, 0.5) is 11.4 Å². The summed E-state index contributed by atoms with van der Waals surface area (Å²) in [6.07, 6.45) is 23.6. The number of carbonyl (C=O) groups excluding carboxylic acids is 1. The van der Waals surface area contributed by atoms with E-state index in [1.165, 1.54) is 83.4 Å². The quantitative estimate of drug-likeness (QED) is 0.0749. The molecule has 3 atom stereocenters. The zero-order chi connectivity index (χ0) is 51.0. The Labute approximate surface area is 428 Å². The Morgan fingerprint density at radius 3 is 2.15 bits per heavy atom. The summed E-state index contributed by atoms with van der Waals surface area (Å²) in [4.78, 5) is 16.0. The molecule has 372 valence electrons. The number of nitrogens with one attached hydrogen (secondary N) is 1. The number of carbonyl (C=O) groups is 1. The molecule has 1 amide bonds. The van der Waals surface area contributed by atoms with Crippen LogP contribution in [0.5, 0.6) is 0 Å². The minimum Gasteiger partial charge on any atom is -0.390 e. The summed E-state index contributed by atoms with van der Waals surface area (Å²) in [5, 5.41) is 17.8. The molecule has 4 aromatic carbocycles. The fraction of sp³-hybridized carbons (Fsp3) is 0.375. The van der Waals surface area contributed by atoms with Crippen LogP contribution in [-0.4, -0.2) is 55.8 Å². The average Bonchev–Trinajstić information content (AvgIpc) is 3.72. The Morgan fingerprint density at radius 2 is 1.49 bits per heavy atom. The third kappa shape index (κ3) is 9.40. The van der Waals surface area contributed by atoms with Crippen molar-refractivity contribution in [1.82, 2.24) is 5.32 Å². The Kier molecular flexibility index (Phi) is 14.4. The summed E-state index contributed by atoms with van der Waals surface area (Å²) in [6.45, 7) is 16.8. The third-order valence-corrected chi connectivity index (χ3v) is 16.6. The lowest BCUT2D eigenvalue weighted by Gasteiger charge is -2.32. The molecule has 1 aliphatic carbocycles. The van der Waals surface area contributed by atoms with Crippen molar-refractivity contribution in [3.05, 3.63) is 185 Å². The summed E-state index contributed by atoms with van der Waals surface area (Å²) in [5.41, 5.74) is 13.3. The Hall–Kier alpha value is -6.48. The molecule has 0 radical (unpaired) electrons. The van der Waals surface area contributed by atoms with E-state index in [4.69, 9.17) is 4.74 Å². The van der Waals surface area contributed by atoms with Crippen molar-refractivity contribution >= 4 is 50.2 Å². The number of pyridine rings is 2. The molecule has 8 heteroatoms. The van der Waals surface area contributed by atoms with Gasteiger partial charge in [0.2, 0.25) is 17.3 Å². The number of ether oxygens (including phenoxy) is 1. The topological polar surface area (TPSA) is 72.6 Å². The van der Waals surface area contributed by atoms with Gasteiger partial charge >= 0.3 is 0 Å². The van der Waals surface area contributed by atoms with E-state index in [1.54, 1.807) is 7.11 Å². The van der Waals surface area contributed by atoms with Crippen LogP contribution >= 0.6 is 0 Å². The van der Waals surface area contributed by atoms with Gasteiger partial charge in [-0.3, -0.25) is 4.79 Å². The second-order valence-electron chi connectivity index (χ2n) is 21.9. The highest BCUT2D eigenvalue weighted by molar-refractivity contribution is 6.08. The first-order valence-corrected chi connectivity index (χ1v) is 26.2. The zero-order valence-corrected chi connectivity index (χ0v) is 44.4. The predicted octanol–water partition coefficient (Wildman–Crippen LogP) is 12.3. The number of nitrogens with zero attached hydrogens (tertiary/aromatic N) is 4. The van der Waals surface area contributed by atoms with E-state index < -0.39 is 5.41 Å². The van der Waals surface area contributed by atoms with Gasteiger partial charge in [-0.1, -0.05) is 95.3 Å². The molecule has 9 rings (SSSR count). The molecule has 0 bridgehead atoms. The van der Waals surface area contributed by atoms with E-state index >= 15 is 0 Å². The molecule has 0 saturated carbocycles. The monoisotopic (exact) mass is 963 g/mol. The van der Waals surface area contributed by atoms with Crippen molar-refractivity contribution in [3.63, 3.8) is 0 Å². The number of allylic oxidation sites excluding steroid dienone is 8. The number of rotatable bonds is 16. The van der Waals surface area contributed by atoms with Crippen LogP contribution in [-0.2, 0) is 26.9 Å². The number of fused-ring (bicyclic) bond motifs is 6. The summed E-state index contributed by atoms with van der Waals surface area (Å²) in [7, 11) is 6.05. The van der Waals surface area contributed by atoms with Crippen molar-refractivity contribution in [2.24, 2.45) is 5.41 Å². The number of amides is 1. The van der Waals surface area contributed by atoms with Crippen molar-refractivity contribution in [2.45, 2.75) is 116 Å². The first kappa shape index (κ1) is 50.5. The largest absolute Gasteiger partial charge is 0.390 e. The van der Waals surface area contributed by atoms with Gasteiger partial charge in [0.25, 0.3) is 0 Å². The molecule has 0 spiro atoms. The number of aromatic nitrogens is 2. The molecule has 3 unspecified atom stereocenters. The summed E-state index contributed by atoms with van der Waals surface area (Å²) in [5.74, 6) is 0.350. The molecule has 0 saturated heterocycles. The third-order valence-electron chi connectivity index (χ3n) is 16.6. The standard InChI is InChI=1S/C64H75N5O3/c1-11-64(7,61(71)65-43-72-10)42-51(46-31-35-68(36-32-46)39-40-70)41-44(2)45-33-37-69(38-34-45)60-49(25-29-56-62(3,4)58-52-21-14-12-17-47(52)23-27-54(58)66(56)8)19-16-20-50(60)26-30-57-63(5,6)59-53-22-15-13-18-48(53)24-28-55(59)67(57)9/h12-15,17-18,21-38,44,51,70H,11,16,19-20,39-43H2,1-10H3/q+2/p+1. The minimum absolute atomic E-state index is 0.0161. The number of benzene rings is 4. The second kappa shape index (κ2) is 20.6. The lowest BCUT2D eigenvalue weighted by atomic mass is 9.73. The van der Waals surface area contributed by atoms with Gasteiger partial charge in [0.1, 0.15) is 20.4 Å². The highest BCUT2D eigenvalue weighted by Crippen LogP contribution is 2.50. The highest BCUT2D eigenvalue weighted by atomic mass is 16.5. The van der Waals surface area contributed by atoms with Gasteiger partial charge < -0.3 is 20.1 Å². The molecule has 4 heterocycles. The van der Waals surface area contributed by atoms with Crippen LogP contribution in [0.3, 0.4) is 0 Å². The molecular formula is C64H76N5O3+3. The van der Waals surface area contributed by atoms with Gasteiger partial charge in [0.05, 0.1) is 5.41 Å². The lowest BCUT2D eigenvalue weighted by molar-refractivity contribution is -0.698. The zero-order valence-electron chi connectivity index (χ0n) is 44.4. The van der Waals surface area contributed by atoms with Gasteiger partial charge in [-0.2, -0.15) is 9.14 Å². The second-order valence-corrected chi connectivity index (χ2v) is 21.9. The lowest BCUT2D eigenvalue weighted by Crippen LogP contribution is -2.40. The molecule has 2 aliphatic heterocycles. The van der Waals surface area contributed by atoms with E-state index in [0.717, 1.165) is 25.7 Å². The molecule has 8 nitrogen and oxygen atoms in total. The fourth-order valence-electron chi connectivity index (χ4n) is 12.4. The van der Waals surface area contributed by atoms with E-state index in [2.05, 4.69) is 216 Å². The van der Waals surface area contributed by atoms with Crippen molar-refractivity contribution in [3.8, 4) is 0 Å². The number of likely N-dealkylation sites (N-methyl/N-ethyl adjacent to an activating group) is 1. The number of hydrogen-bond donors (Lipinski definition) is 2. The first-order valence-electron chi connectivity index (χ1n) is 26.2. The van der Waals surface area contributed by atoms with Crippen LogP contribution in [0.25, 0.3) is 27.2 Å². The number of methoxy groups -OCH3 is 1. The summed E-state index contributed by atoms with van der Waals surface area (Å²) in [6, 6.07) is 35.6. The van der Waals surface area contributed by atoms with Crippen LogP contribution < -0.4 is 19.4 Å². The molecule has 2 N–H and O–H groups in total. The summed E-state index contributed by atoms with van der Waals surface area (Å²) < 4.78 is 12.0. The van der Waals surface area contributed by atoms with Gasteiger partial charge in [-0.05, 0) is 127 Å². The fourth-order valence-corrected chi connectivity index (χ4v) is 12.4. The number of aliphatic hydroxyl groups is 1. The van der Waals surface area contributed by atoms with E-state index in [9.17, 15) is 9.90 Å². The molecular weight excluding hydrogens is 887 g/mol. The SMILES string of the molecule is CCC(C)(CC(CC(C)c1cc[n+](C2=C(C=CC3=[N+](C)c4ccc5ccccc5c4C3(C)C)CCCC2=CC=C2N(C)c3ccc4ccccc4c3C2(C)C)cc1)c1cc[n+](CCO)cc1)C(=O)NCOC. The normalized spacial score (nSPS) is 19.1. The van der Waals surface area contributed by atoms with Crippen molar-refractivity contribution in [2.75, 3.05) is 39.4 Å². The van der Waals surface area contributed by atoms with Gasteiger partial charge in [-0.15, -0.1) is 0 Å². The van der Waals surface area contributed by atoms with E-state index in [1.807, 2.05) is 17.0 Å². The molecule has 3 aliphatic rings. The number of hydrogen-bond acceptors (Lipinski definition) is 4. The Balaban J connectivity index is 1.09. The Bertz CT molecular complexity index is 3170. The minimum atomic E-state index is -0.578. The van der Waals surface area contributed by atoms with E-state index in [-0.39, 0.29) is 41.9 Å². The maximum Gasteiger partial charge on any atom is 0.227 e. The van der Waals surface area contributed by atoms with Crippen molar-refractivity contribution in [1.29, 1.82) is 0 Å². The number of anilines is 1. The van der Waals surface area contributed by atoms with Crippen molar-refractivity contribution < 1.29 is 28.3 Å². The highest BCUT2D eigenvalue weighted by Gasteiger charge is 2.45. The maximum absolute atomic E-state index is 13.6. The van der Waals surface area contributed by atoms with Gasteiger partial charge in [0.15, 0.2) is 37.0 Å². The van der Waals surface area contributed by atoms with Crippen LogP contribution in [0.15, 0.2) is 163 Å². The molecule has 0 fully saturated rings. The molecule has 72 heavy (non-hydrogen) atoms. The summed E-state index contributed by atoms with van der Waals surface area (Å²) >= 11 is 0. The smallest absolute Gasteiger partial charge is 0.227 e. The van der Waals surface area contributed by atoms with Gasteiger partial charge in [0, 0.05) is 89.5 Å². The van der Waals surface area contributed by atoms with Crippen LogP contribution in [0, 0.1) is 5.41 Å². The van der Waals surface area contributed by atoms with E-state index in [0.29, 0.717) is 19.4 Å². The van der Waals surface area contributed by atoms with Crippen LogP contribution in [0.1, 0.15) is 121 Å².